The number of aryl methyl sites for hydroxylation is 1. The molecule has 0 radical (unpaired) electrons. The van der Waals surface area contributed by atoms with Crippen molar-refractivity contribution in [2.24, 2.45) is 12.5 Å². The summed E-state index contributed by atoms with van der Waals surface area (Å²) in [6.45, 7) is 0. The summed E-state index contributed by atoms with van der Waals surface area (Å²) < 4.78 is 1.94. The fourth-order valence-corrected chi connectivity index (χ4v) is 3.65. The van der Waals surface area contributed by atoms with Crippen molar-refractivity contribution < 1.29 is 0 Å². The van der Waals surface area contributed by atoms with Gasteiger partial charge >= 0.3 is 0 Å². The van der Waals surface area contributed by atoms with Crippen LogP contribution in [-0.2, 0) is 13.5 Å². The molecule has 1 aliphatic rings. The molecule has 1 aromatic heterocycles. The van der Waals surface area contributed by atoms with Gasteiger partial charge in [0.1, 0.15) is 0 Å². The van der Waals surface area contributed by atoms with Gasteiger partial charge < -0.3 is 0 Å². The van der Waals surface area contributed by atoms with E-state index < -0.39 is 0 Å². The van der Waals surface area contributed by atoms with E-state index in [1.807, 2.05) is 17.8 Å². The molecule has 0 unspecified atom stereocenters. The number of benzene rings is 1. The molecule has 110 valence electrons. The van der Waals surface area contributed by atoms with Crippen LogP contribution in [0.4, 0.5) is 0 Å². The SMILES string of the molecule is Cn1nc(CC2(C#N)CCCCCCC2)c2ccccc21. The number of nitrogens with zero attached hydrogens (tertiary/aromatic N) is 3. The first-order valence-electron chi connectivity index (χ1n) is 8.06. The Labute approximate surface area is 126 Å². The van der Waals surface area contributed by atoms with Crippen LogP contribution in [0, 0.1) is 16.7 Å². The second kappa shape index (κ2) is 5.89. The van der Waals surface area contributed by atoms with Gasteiger partial charge in [0.2, 0.25) is 0 Å². The third-order valence-corrected chi connectivity index (χ3v) is 4.89. The summed E-state index contributed by atoms with van der Waals surface area (Å²) in [7, 11) is 1.99. The maximum absolute atomic E-state index is 9.81. The summed E-state index contributed by atoms with van der Waals surface area (Å²) >= 11 is 0. The highest BCUT2D eigenvalue weighted by Gasteiger charge is 2.32. The Morgan fingerprint density at radius 3 is 2.52 bits per heavy atom. The van der Waals surface area contributed by atoms with Crippen LogP contribution in [0.25, 0.3) is 10.9 Å². The molecular weight excluding hydrogens is 258 g/mol. The van der Waals surface area contributed by atoms with Crippen LogP contribution in [0.2, 0.25) is 0 Å². The van der Waals surface area contributed by atoms with Crippen molar-refractivity contribution in [3.63, 3.8) is 0 Å². The normalized spacial score (nSPS) is 18.9. The summed E-state index contributed by atoms with van der Waals surface area (Å²) in [5.41, 5.74) is 2.04. The molecule has 0 amide bonds. The van der Waals surface area contributed by atoms with Crippen molar-refractivity contribution in [1.29, 1.82) is 5.26 Å². The highest BCUT2D eigenvalue weighted by Crippen LogP contribution is 2.37. The van der Waals surface area contributed by atoms with Gasteiger partial charge in [0.15, 0.2) is 0 Å². The van der Waals surface area contributed by atoms with Crippen LogP contribution < -0.4 is 0 Å². The van der Waals surface area contributed by atoms with Gasteiger partial charge in [0, 0.05) is 18.9 Å². The van der Waals surface area contributed by atoms with Crippen molar-refractivity contribution in [2.75, 3.05) is 0 Å². The number of nitriles is 1. The van der Waals surface area contributed by atoms with Crippen LogP contribution in [0.5, 0.6) is 0 Å². The molecule has 1 heterocycles. The average molecular weight is 281 g/mol. The molecule has 0 saturated heterocycles. The minimum absolute atomic E-state index is 0.211. The lowest BCUT2D eigenvalue weighted by molar-refractivity contribution is 0.285. The van der Waals surface area contributed by atoms with Gasteiger partial charge in [0.05, 0.1) is 22.7 Å². The van der Waals surface area contributed by atoms with Crippen molar-refractivity contribution in [2.45, 2.75) is 51.4 Å². The van der Waals surface area contributed by atoms with Crippen LogP contribution in [0.1, 0.15) is 50.6 Å². The van der Waals surface area contributed by atoms with E-state index in [1.165, 1.54) is 37.5 Å². The number of rotatable bonds is 2. The van der Waals surface area contributed by atoms with Gasteiger partial charge in [-0.05, 0) is 18.9 Å². The van der Waals surface area contributed by atoms with Crippen LogP contribution in [0.15, 0.2) is 24.3 Å². The zero-order valence-corrected chi connectivity index (χ0v) is 12.8. The number of aromatic nitrogens is 2. The zero-order valence-electron chi connectivity index (χ0n) is 12.8. The number of para-hydroxylation sites is 1. The maximum Gasteiger partial charge on any atom is 0.0719 e. The van der Waals surface area contributed by atoms with Gasteiger partial charge in [-0.1, -0.05) is 50.3 Å². The second-order valence-corrected chi connectivity index (χ2v) is 6.42. The smallest absolute Gasteiger partial charge is 0.0719 e. The Morgan fingerprint density at radius 2 is 1.81 bits per heavy atom. The Morgan fingerprint density at radius 1 is 1.14 bits per heavy atom. The highest BCUT2D eigenvalue weighted by molar-refractivity contribution is 5.81. The lowest BCUT2D eigenvalue weighted by Gasteiger charge is -2.28. The van der Waals surface area contributed by atoms with Gasteiger partial charge in [-0.3, -0.25) is 4.68 Å². The summed E-state index contributed by atoms with van der Waals surface area (Å²) in [5.74, 6) is 0. The number of hydrogen-bond donors (Lipinski definition) is 0. The molecule has 3 rings (SSSR count). The molecule has 3 heteroatoms. The van der Waals surface area contributed by atoms with Gasteiger partial charge in [-0.2, -0.15) is 10.4 Å². The lowest BCUT2D eigenvalue weighted by Crippen LogP contribution is -2.23. The average Bonchev–Trinajstić information content (AvgIpc) is 2.79. The summed E-state index contributed by atoms with van der Waals surface area (Å²) in [4.78, 5) is 0. The Kier molecular flexibility index (Phi) is 3.96. The predicted molar refractivity (Wildman–Crippen MR) is 84.8 cm³/mol. The largest absolute Gasteiger partial charge is 0.268 e. The van der Waals surface area contributed by atoms with E-state index in [-0.39, 0.29) is 5.41 Å². The molecule has 0 spiro atoms. The topological polar surface area (TPSA) is 41.6 Å². The monoisotopic (exact) mass is 281 g/mol. The van der Waals surface area contributed by atoms with Crippen LogP contribution >= 0.6 is 0 Å². The molecule has 2 aromatic rings. The fraction of sp³-hybridized carbons (Fsp3) is 0.556. The van der Waals surface area contributed by atoms with Gasteiger partial charge in [-0.15, -0.1) is 0 Å². The quantitative estimate of drug-likeness (QED) is 0.820. The molecule has 1 aromatic carbocycles. The van der Waals surface area contributed by atoms with Gasteiger partial charge in [-0.25, -0.2) is 0 Å². The van der Waals surface area contributed by atoms with Crippen LogP contribution in [-0.4, -0.2) is 9.78 Å². The third kappa shape index (κ3) is 2.81. The van der Waals surface area contributed by atoms with E-state index in [0.29, 0.717) is 0 Å². The first-order chi connectivity index (χ1) is 10.2. The summed E-state index contributed by atoms with van der Waals surface area (Å²) in [6.07, 6.45) is 9.07. The molecular formula is C18H23N3. The molecule has 0 N–H and O–H groups in total. The standard InChI is InChI=1S/C18H23N3/c1-21-17-10-6-5-9-15(17)16(20-21)13-18(14-19)11-7-3-2-4-8-12-18/h5-6,9-10H,2-4,7-8,11-13H2,1H3. The van der Waals surface area contributed by atoms with E-state index in [2.05, 4.69) is 24.3 Å². The predicted octanol–water partition coefficient (Wildman–Crippen LogP) is 4.37. The molecule has 0 atom stereocenters. The summed E-state index contributed by atoms with van der Waals surface area (Å²) in [6, 6.07) is 11.0. The molecule has 3 nitrogen and oxygen atoms in total. The third-order valence-electron chi connectivity index (χ3n) is 4.89. The van der Waals surface area contributed by atoms with Crippen molar-refractivity contribution >= 4 is 10.9 Å². The minimum Gasteiger partial charge on any atom is -0.268 e. The Hall–Kier alpha value is -1.82. The minimum atomic E-state index is -0.211. The Bertz CT molecular complexity index is 655. The van der Waals surface area contributed by atoms with Crippen molar-refractivity contribution in [1.82, 2.24) is 9.78 Å². The van der Waals surface area contributed by atoms with E-state index in [9.17, 15) is 5.26 Å². The number of fused-ring (bicyclic) bond motifs is 1. The van der Waals surface area contributed by atoms with E-state index in [0.717, 1.165) is 30.5 Å². The second-order valence-electron chi connectivity index (χ2n) is 6.42. The van der Waals surface area contributed by atoms with Crippen LogP contribution in [0.3, 0.4) is 0 Å². The molecule has 1 fully saturated rings. The van der Waals surface area contributed by atoms with Gasteiger partial charge in [0.25, 0.3) is 0 Å². The zero-order chi connectivity index (χ0) is 14.7. The summed E-state index contributed by atoms with van der Waals surface area (Å²) in [5, 5.41) is 15.7. The fourth-order valence-electron chi connectivity index (χ4n) is 3.65. The van der Waals surface area contributed by atoms with Crippen molar-refractivity contribution in [3.05, 3.63) is 30.0 Å². The highest BCUT2D eigenvalue weighted by atomic mass is 15.3. The molecule has 21 heavy (non-hydrogen) atoms. The first kappa shape index (κ1) is 14.1. The molecule has 0 aliphatic heterocycles. The molecule has 1 aliphatic carbocycles. The Balaban J connectivity index is 1.93. The number of hydrogen-bond acceptors (Lipinski definition) is 2. The van der Waals surface area contributed by atoms with E-state index in [1.54, 1.807) is 0 Å². The van der Waals surface area contributed by atoms with Crippen molar-refractivity contribution in [3.8, 4) is 6.07 Å². The molecule has 1 saturated carbocycles. The lowest BCUT2D eigenvalue weighted by atomic mass is 9.74. The first-order valence-corrected chi connectivity index (χ1v) is 8.06. The molecule has 0 bridgehead atoms. The van der Waals surface area contributed by atoms with E-state index >= 15 is 0 Å². The van der Waals surface area contributed by atoms with E-state index in [4.69, 9.17) is 5.10 Å². The maximum atomic E-state index is 9.81.